The van der Waals surface area contributed by atoms with Crippen molar-refractivity contribution in [3.05, 3.63) is 97.8 Å². The summed E-state index contributed by atoms with van der Waals surface area (Å²) in [5.74, 6) is -0.114. The highest BCUT2D eigenvalue weighted by atomic mass is 79.9. The fourth-order valence-corrected chi connectivity index (χ4v) is 4.30. The molecule has 0 amide bonds. The van der Waals surface area contributed by atoms with E-state index >= 15 is 0 Å². The standard InChI is InChI=1S/C24H15BrCl2N2O4/c25-14-3-1-2-13(8-14)23-17-6-5-16(10-21(17)33-24(29)18(23)11-28)32-22(30)12-31-20-7-4-15(26)9-19(20)27/h1-10,23H,12,29H2. The summed E-state index contributed by atoms with van der Waals surface area (Å²) in [4.78, 5) is 12.3. The Balaban J connectivity index is 1.54. The Hall–Kier alpha value is -3.18. The molecule has 0 saturated heterocycles. The van der Waals surface area contributed by atoms with E-state index in [2.05, 4.69) is 22.0 Å². The molecule has 0 aliphatic carbocycles. The first kappa shape index (κ1) is 23.0. The zero-order valence-electron chi connectivity index (χ0n) is 16.8. The molecule has 4 rings (SSSR count). The molecule has 0 fully saturated rings. The maximum Gasteiger partial charge on any atom is 0.349 e. The predicted molar refractivity (Wildman–Crippen MR) is 127 cm³/mol. The Kier molecular flexibility index (Phi) is 6.80. The highest BCUT2D eigenvalue weighted by Crippen LogP contribution is 2.43. The van der Waals surface area contributed by atoms with Crippen molar-refractivity contribution in [1.29, 1.82) is 5.26 Å². The summed E-state index contributed by atoms with van der Waals surface area (Å²) in [6.45, 7) is -0.361. The van der Waals surface area contributed by atoms with Gasteiger partial charge in [-0.1, -0.05) is 57.3 Å². The third-order valence-electron chi connectivity index (χ3n) is 4.84. The van der Waals surface area contributed by atoms with E-state index in [9.17, 15) is 10.1 Å². The Bertz CT molecular complexity index is 1320. The van der Waals surface area contributed by atoms with E-state index in [4.69, 9.17) is 43.1 Å². The van der Waals surface area contributed by atoms with Gasteiger partial charge >= 0.3 is 5.97 Å². The second-order valence-corrected chi connectivity index (χ2v) is 8.78. The van der Waals surface area contributed by atoms with Crippen molar-refractivity contribution in [2.24, 2.45) is 5.73 Å². The second-order valence-electron chi connectivity index (χ2n) is 7.02. The van der Waals surface area contributed by atoms with Gasteiger partial charge in [-0.15, -0.1) is 0 Å². The number of hydrogen-bond donors (Lipinski definition) is 1. The van der Waals surface area contributed by atoms with Gasteiger partial charge in [0.1, 0.15) is 28.9 Å². The molecule has 9 heteroatoms. The molecule has 6 nitrogen and oxygen atoms in total. The number of benzene rings is 3. The van der Waals surface area contributed by atoms with Crippen LogP contribution < -0.4 is 19.9 Å². The van der Waals surface area contributed by atoms with E-state index in [1.807, 2.05) is 24.3 Å². The fraction of sp³-hybridized carbons (Fsp3) is 0.0833. The molecular weight excluding hydrogens is 531 g/mol. The summed E-state index contributed by atoms with van der Waals surface area (Å²) in [6.07, 6.45) is 0. The van der Waals surface area contributed by atoms with E-state index in [0.29, 0.717) is 22.1 Å². The quantitative estimate of drug-likeness (QED) is 0.314. The minimum Gasteiger partial charge on any atom is -0.480 e. The molecular formula is C24H15BrCl2N2O4. The lowest BCUT2D eigenvalue weighted by atomic mass is 9.83. The SMILES string of the molecule is N#CC1=C(N)Oc2cc(OC(=O)COc3ccc(Cl)cc3Cl)ccc2C1c1cccc(Br)c1. The number of nitrogens with zero attached hydrogens (tertiary/aromatic N) is 1. The first-order chi connectivity index (χ1) is 15.9. The largest absolute Gasteiger partial charge is 0.480 e. The molecule has 1 atom stereocenters. The maximum atomic E-state index is 12.3. The molecule has 0 aromatic heterocycles. The van der Waals surface area contributed by atoms with Gasteiger partial charge < -0.3 is 19.9 Å². The van der Waals surface area contributed by atoms with E-state index in [-0.39, 0.29) is 23.3 Å². The van der Waals surface area contributed by atoms with Gasteiger partial charge in [-0.05, 0) is 42.0 Å². The lowest BCUT2D eigenvalue weighted by Gasteiger charge is -2.26. The van der Waals surface area contributed by atoms with Crippen molar-refractivity contribution in [1.82, 2.24) is 0 Å². The zero-order chi connectivity index (χ0) is 23.5. The molecule has 0 spiro atoms. The van der Waals surface area contributed by atoms with Crippen LogP contribution >= 0.6 is 39.1 Å². The summed E-state index contributed by atoms with van der Waals surface area (Å²) in [5, 5.41) is 10.4. The van der Waals surface area contributed by atoms with Crippen molar-refractivity contribution >= 4 is 45.1 Å². The van der Waals surface area contributed by atoms with Gasteiger partial charge in [0, 0.05) is 21.1 Å². The number of rotatable bonds is 5. The Labute approximate surface area is 208 Å². The molecule has 0 saturated carbocycles. The van der Waals surface area contributed by atoms with Gasteiger partial charge in [0.05, 0.1) is 10.9 Å². The summed E-state index contributed by atoms with van der Waals surface area (Å²) >= 11 is 15.4. The van der Waals surface area contributed by atoms with Gasteiger partial charge in [-0.25, -0.2) is 4.79 Å². The van der Waals surface area contributed by atoms with Gasteiger partial charge in [-0.2, -0.15) is 5.26 Å². The van der Waals surface area contributed by atoms with Crippen LogP contribution in [-0.4, -0.2) is 12.6 Å². The van der Waals surface area contributed by atoms with E-state index in [0.717, 1.165) is 15.6 Å². The number of esters is 1. The number of nitriles is 1. The molecule has 0 bridgehead atoms. The van der Waals surface area contributed by atoms with Gasteiger partial charge in [0.25, 0.3) is 0 Å². The molecule has 1 aliphatic heterocycles. The fourth-order valence-electron chi connectivity index (χ4n) is 3.42. The molecule has 2 N–H and O–H groups in total. The first-order valence-electron chi connectivity index (χ1n) is 9.61. The number of carbonyl (C=O) groups excluding carboxylic acids is 1. The van der Waals surface area contributed by atoms with Crippen LogP contribution in [0.25, 0.3) is 0 Å². The van der Waals surface area contributed by atoms with Crippen molar-refractivity contribution in [3.63, 3.8) is 0 Å². The van der Waals surface area contributed by atoms with Crippen molar-refractivity contribution in [2.45, 2.75) is 5.92 Å². The van der Waals surface area contributed by atoms with Gasteiger partial charge in [0.15, 0.2) is 6.61 Å². The highest BCUT2D eigenvalue weighted by Gasteiger charge is 2.31. The number of hydrogen-bond acceptors (Lipinski definition) is 6. The third-order valence-corrected chi connectivity index (χ3v) is 5.87. The average Bonchev–Trinajstić information content (AvgIpc) is 2.77. The summed E-state index contributed by atoms with van der Waals surface area (Å²) in [5.41, 5.74) is 7.93. The third kappa shape index (κ3) is 5.09. The van der Waals surface area contributed by atoms with Crippen LogP contribution in [0.4, 0.5) is 0 Å². The van der Waals surface area contributed by atoms with E-state index < -0.39 is 11.9 Å². The number of nitrogens with two attached hydrogens (primary N) is 1. The smallest absolute Gasteiger partial charge is 0.349 e. The molecule has 166 valence electrons. The molecule has 1 aliphatic rings. The Morgan fingerprint density at radius 1 is 1.15 bits per heavy atom. The molecule has 3 aromatic carbocycles. The van der Waals surface area contributed by atoms with E-state index in [1.54, 1.807) is 30.3 Å². The second kappa shape index (κ2) is 9.75. The van der Waals surface area contributed by atoms with Crippen LogP contribution in [0.1, 0.15) is 17.0 Å². The molecule has 3 aromatic rings. The first-order valence-corrected chi connectivity index (χ1v) is 11.2. The van der Waals surface area contributed by atoms with Crippen molar-refractivity contribution in [2.75, 3.05) is 6.61 Å². The normalized spacial score (nSPS) is 14.7. The average molecular weight is 546 g/mol. The summed E-state index contributed by atoms with van der Waals surface area (Å²) in [7, 11) is 0. The predicted octanol–water partition coefficient (Wildman–Crippen LogP) is 5.96. The van der Waals surface area contributed by atoms with Gasteiger partial charge in [0.2, 0.25) is 5.88 Å². The Morgan fingerprint density at radius 3 is 2.70 bits per heavy atom. The maximum absolute atomic E-state index is 12.3. The zero-order valence-corrected chi connectivity index (χ0v) is 19.9. The number of fused-ring (bicyclic) bond motifs is 1. The Morgan fingerprint density at radius 2 is 1.97 bits per heavy atom. The monoisotopic (exact) mass is 544 g/mol. The van der Waals surface area contributed by atoms with Crippen LogP contribution in [0.2, 0.25) is 10.0 Å². The van der Waals surface area contributed by atoms with E-state index in [1.165, 1.54) is 6.07 Å². The van der Waals surface area contributed by atoms with Gasteiger partial charge in [-0.3, -0.25) is 0 Å². The van der Waals surface area contributed by atoms with Crippen molar-refractivity contribution in [3.8, 4) is 23.3 Å². The number of ether oxygens (including phenoxy) is 3. The van der Waals surface area contributed by atoms with Crippen LogP contribution in [-0.2, 0) is 4.79 Å². The van der Waals surface area contributed by atoms with Crippen LogP contribution in [0, 0.1) is 11.3 Å². The highest BCUT2D eigenvalue weighted by molar-refractivity contribution is 9.10. The van der Waals surface area contributed by atoms with Crippen LogP contribution in [0.5, 0.6) is 17.2 Å². The topological polar surface area (TPSA) is 94.6 Å². The van der Waals surface area contributed by atoms with Crippen molar-refractivity contribution < 1.29 is 19.0 Å². The minimum atomic E-state index is -0.637. The molecule has 1 heterocycles. The number of allylic oxidation sites excluding steroid dienone is 1. The molecule has 33 heavy (non-hydrogen) atoms. The molecule has 0 radical (unpaired) electrons. The number of carbonyl (C=O) groups is 1. The van der Waals surface area contributed by atoms with Crippen LogP contribution in [0.15, 0.2) is 76.6 Å². The summed E-state index contributed by atoms with van der Waals surface area (Å²) in [6, 6.07) is 19.3. The number of halogens is 3. The lowest BCUT2D eigenvalue weighted by Crippen LogP contribution is -2.21. The molecule has 1 unspecified atom stereocenters. The van der Waals surface area contributed by atoms with Crippen LogP contribution in [0.3, 0.4) is 0 Å². The summed E-state index contributed by atoms with van der Waals surface area (Å²) < 4.78 is 17.3. The lowest BCUT2D eigenvalue weighted by molar-refractivity contribution is -0.136. The minimum absolute atomic E-state index is 0.000773.